The molecule has 0 aliphatic heterocycles. The Bertz CT molecular complexity index is 232. The maximum absolute atomic E-state index is 11.5. The van der Waals surface area contributed by atoms with Crippen LogP contribution in [0.4, 0.5) is 0 Å². The predicted molar refractivity (Wildman–Crippen MR) is 66.8 cm³/mol. The Labute approximate surface area is 103 Å². The van der Waals surface area contributed by atoms with Gasteiger partial charge in [0.05, 0.1) is 0 Å². The van der Waals surface area contributed by atoms with Crippen LogP contribution in [0.1, 0.15) is 39.0 Å². The maximum Gasteiger partial charge on any atom is 0.303 e. The molecule has 0 heterocycles. The van der Waals surface area contributed by atoms with Crippen molar-refractivity contribution >= 4 is 11.9 Å². The Balaban J connectivity index is 3.47. The molecule has 0 radical (unpaired) electrons. The fraction of sp³-hybridized carbons (Fsp3) is 0.833. The van der Waals surface area contributed by atoms with E-state index in [0.717, 1.165) is 25.8 Å². The second-order valence-corrected chi connectivity index (χ2v) is 4.29. The number of nitrogens with one attached hydrogen (secondary N) is 2. The summed E-state index contributed by atoms with van der Waals surface area (Å²) in [5.74, 6) is -1.11. The molecule has 0 aromatic rings. The average molecular weight is 244 g/mol. The number of carboxylic acid groups (broad SMARTS) is 1. The van der Waals surface area contributed by atoms with E-state index in [0.29, 0.717) is 13.0 Å². The van der Waals surface area contributed by atoms with E-state index in [1.54, 1.807) is 6.92 Å². The summed E-state index contributed by atoms with van der Waals surface area (Å²) in [6.45, 7) is 3.45. The summed E-state index contributed by atoms with van der Waals surface area (Å²) in [6.07, 6.45) is 3.63. The highest BCUT2D eigenvalue weighted by molar-refractivity contribution is 5.78. The van der Waals surface area contributed by atoms with E-state index in [9.17, 15) is 9.59 Å². The molecule has 0 aliphatic rings. The normalized spacial score (nSPS) is 12.1. The van der Waals surface area contributed by atoms with Gasteiger partial charge in [-0.15, -0.1) is 0 Å². The monoisotopic (exact) mass is 244 g/mol. The first kappa shape index (κ1) is 15.9. The summed E-state index contributed by atoms with van der Waals surface area (Å²) in [4.78, 5) is 21.9. The lowest BCUT2D eigenvalue weighted by molar-refractivity contribution is -0.137. The smallest absolute Gasteiger partial charge is 0.303 e. The van der Waals surface area contributed by atoms with Crippen molar-refractivity contribution in [2.75, 3.05) is 20.1 Å². The summed E-state index contributed by atoms with van der Waals surface area (Å²) in [7, 11) is 1.92. The van der Waals surface area contributed by atoms with E-state index >= 15 is 0 Å². The number of hydrogen-bond acceptors (Lipinski definition) is 3. The summed E-state index contributed by atoms with van der Waals surface area (Å²) >= 11 is 0. The van der Waals surface area contributed by atoms with Crippen molar-refractivity contribution in [3.05, 3.63) is 0 Å². The van der Waals surface area contributed by atoms with Crippen LogP contribution in [0.25, 0.3) is 0 Å². The first-order valence-electron chi connectivity index (χ1n) is 6.22. The first-order chi connectivity index (χ1) is 8.07. The Morgan fingerprint density at radius 3 is 2.41 bits per heavy atom. The molecule has 0 aromatic heterocycles. The van der Waals surface area contributed by atoms with Crippen molar-refractivity contribution in [3.8, 4) is 0 Å². The molecule has 0 saturated carbocycles. The third kappa shape index (κ3) is 9.81. The minimum Gasteiger partial charge on any atom is -0.481 e. The zero-order chi connectivity index (χ0) is 13.1. The second kappa shape index (κ2) is 10.1. The van der Waals surface area contributed by atoms with E-state index in [-0.39, 0.29) is 18.2 Å². The molecule has 0 saturated heterocycles. The molecule has 17 heavy (non-hydrogen) atoms. The van der Waals surface area contributed by atoms with E-state index in [1.807, 2.05) is 7.05 Å². The van der Waals surface area contributed by atoms with E-state index in [2.05, 4.69) is 10.6 Å². The molecular weight excluding hydrogens is 220 g/mol. The Morgan fingerprint density at radius 2 is 1.82 bits per heavy atom. The van der Waals surface area contributed by atoms with Crippen LogP contribution in [0.5, 0.6) is 0 Å². The predicted octanol–water partition coefficient (Wildman–Crippen LogP) is 0.993. The van der Waals surface area contributed by atoms with Crippen LogP contribution in [-0.2, 0) is 9.59 Å². The van der Waals surface area contributed by atoms with E-state index in [4.69, 9.17) is 5.11 Å². The third-order valence-corrected chi connectivity index (χ3v) is 2.64. The number of hydrogen-bond donors (Lipinski definition) is 3. The second-order valence-electron chi connectivity index (χ2n) is 4.29. The minimum absolute atomic E-state index is 0.0418. The molecule has 5 nitrogen and oxygen atoms in total. The number of carboxylic acids is 1. The van der Waals surface area contributed by atoms with Crippen LogP contribution in [0, 0.1) is 5.92 Å². The highest BCUT2D eigenvalue weighted by Crippen LogP contribution is 2.05. The SMILES string of the molecule is CNCCCCCNC(=O)[C@H](C)CCC(=O)O. The van der Waals surface area contributed by atoms with Gasteiger partial charge >= 0.3 is 5.97 Å². The topological polar surface area (TPSA) is 78.4 Å². The van der Waals surface area contributed by atoms with Crippen LogP contribution in [-0.4, -0.2) is 37.1 Å². The van der Waals surface area contributed by atoms with Crippen LogP contribution in [0.3, 0.4) is 0 Å². The first-order valence-corrected chi connectivity index (χ1v) is 6.22. The lowest BCUT2D eigenvalue weighted by atomic mass is 10.0. The summed E-state index contributed by atoms with van der Waals surface area (Å²) in [6, 6.07) is 0. The molecule has 0 fully saturated rings. The Hall–Kier alpha value is -1.10. The zero-order valence-electron chi connectivity index (χ0n) is 10.8. The molecule has 0 bridgehead atoms. The molecular formula is C12H24N2O3. The van der Waals surface area contributed by atoms with Crippen molar-refractivity contribution in [2.24, 2.45) is 5.92 Å². The zero-order valence-corrected chi connectivity index (χ0v) is 10.8. The molecule has 0 aromatic carbocycles. The molecule has 0 unspecified atom stereocenters. The maximum atomic E-state index is 11.5. The average Bonchev–Trinajstić information content (AvgIpc) is 2.30. The van der Waals surface area contributed by atoms with E-state index in [1.165, 1.54) is 0 Å². The minimum atomic E-state index is -0.850. The highest BCUT2D eigenvalue weighted by Gasteiger charge is 2.13. The van der Waals surface area contributed by atoms with Crippen LogP contribution in [0.15, 0.2) is 0 Å². The van der Waals surface area contributed by atoms with Crippen molar-refractivity contribution in [1.82, 2.24) is 10.6 Å². The summed E-state index contributed by atoms with van der Waals surface area (Å²) in [5, 5.41) is 14.4. The number of unbranched alkanes of at least 4 members (excludes halogenated alkanes) is 2. The Kier molecular flexibility index (Phi) is 9.43. The van der Waals surface area contributed by atoms with Gasteiger partial charge in [0, 0.05) is 18.9 Å². The molecule has 0 rings (SSSR count). The van der Waals surface area contributed by atoms with Gasteiger partial charge in [0.25, 0.3) is 0 Å². The van der Waals surface area contributed by atoms with Gasteiger partial charge in [-0.1, -0.05) is 13.3 Å². The molecule has 0 spiro atoms. The van der Waals surface area contributed by atoms with Gasteiger partial charge in [0.15, 0.2) is 0 Å². The van der Waals surface area contributed by atoms with Gasteiger partial charge < -0.3 is 15.7 Å². The number of amides is 1. The number of carbonyl (C=O) groups is 2. The van der Waals surface area contributed by atoms with Crippen LogP contribution < -0.4 is 10.6 Å². The molecule has 1 atom stereocenters. The van der Waals surface area contributed by atoms with Crippen molar-refractivity contribution < 1.29 is 14.7 Å². The molecule has 5 heteroatoms. The van der Waals surface area contributed by atoms with Gasteiger partial charge in [-0.2, -0.15) is 0 Å². The van der Waals surface area contributed by atoms with Gasteiger partial charge in [0.2, 0.25) is 5.91 Å². The van der Waals surface area contributed by atoms with Crippen LogP contribution >= 0.6 is 0 Å². The molecule has 1 amide bonds. The molecule has 0 aliphatic carbocycles. The standard InChI is InChI=1S/C12H24N2O3/c1-10(6-7-11(15)16)12(17)14-9-5-3-4-8-13-2/h10,13H,3-9H2,1-2H3,(H,14,17)(H,15,16)/t10-/m1/s1. The van der Waals surface area contributed by atoms with Crippen LogP contribution in [0.2, 0.25) is 0 Å². The van der Waals surface area contributed by atoms with E-state index < -0.39 is 5.97 Å². The summed E-state index contributed by atoms with van der Waals surface area (Å²) in [5.41, 5.74) is 0. The van der Waals surface area contributed by atoms with Crippen molar-refractivity contribution in [2.45, 2.75) is 39.0 Å². The largest absolute Gasteiger partial charge is 0.481 e. The fourth-order valence-corrected chi connectivity index (χ4v) is 1.46. The van der Waals surface area contributed by atoms with Gasteiger partial charge in [-0.3, -0.25) is 9.59 Å². The number of aliphatic carboxylic acids is 1. The molecule has 3 N–H and O–H groups in total. The fourth-order valence-electron chi connectivity index (χ4n) is 1.46. The van der Waals surface area contributed by atoms with Gasteiger partial charge in [0.1, 0.15) is 0 Å². The van der Waals surface area contributed by atoms with Crippen molar-refractivity contribution in [1.29, 1.82) is 0 Å². The quantitative estimate of drug-likeness (QED) is 0.501. The lowest BCUT2D eigenvalue weighted by Crippen LogP contribution is -2.30. The Morgan fingerprint density at radius 1 is 1.18 bits per heavy atom. The third-order valence-electron chi connectivity index (χ3n) is 2.64. The lowest BCUT2D eigenvalue weighted by Gasteiger charge is -2.10. The molecule has 100 valence electrons. The van der Waals surface area contributed by atoms with Gasteiger partial charge in [-0.25, -0.2) is 0 Å². The number of rotatable bonds is 10. The van der Waals surface area contributed by atoms with Gasteiger partial charge in [-0.05, 0) is 32.9 Å². The highest BCUT2D eigenvalue weighted by atomic mass is 16.4. The van der Waals surface area contributed by atoms with Crippen molar-refractivity contribution in [3.63, 3.8) is 0 Å². The summed E-state index contributed by atoms with van der Waals surface area (Å²) < 4.78 is 0. The number of carbonyl (C=O) groups excluding carboxylic acids is 1.